The van der Waals surface area contributed by atoms with Crippen molar-refractivity contribution in [2.45, 2.75) is 51.2 Å². The lowest BCUT2D eigenvalue weighted by atomic mass is 9.82. The molecule has 2 atom stereocenters. The largest absolute Gasteiger partial charge is 0.376 e. The number of rotatable bonds is 6. The van der Waals surface area contributed by atoms with Gasteiger partial charge in [-0.05, 0) is 25.7 Å². The molecule has 1 saturated carbocycles. The Bertz CT molecular complexity index is 375. The van der Waals surface area contributed by atoms with E-state index in [1.807, 2.05) is 14.0 Å². The smallest absolute Gasteiger partial charge is 0.0909 e. The Morgan fingerprint density at radius 2 is 2.21 bits per heavy atom. The van der Waals surface area contributed by atoms with Crippen molar-refractivity contribution in [1.29, 1.82) is 0 Å². The highest BCUT2D eigenvalue weighted by atomic mass is 16.5. The molecule has 1 heterocycles. The standard InChI is InChI=1S/C13H25N5O/c1-3-19-13(10-7-5-4-6-8-10)12(16-14)11-9-15-17-18(11)2/h9-10,12-13,16H,3-8,14H2,1-2H3. The molecule has 1 aromatic rings. The van der Waals surface area contributed by atoms with Crippen LogP contribution < -0.4 is 11.3 Å². The first-order chi connectivity index (χ1) is 9.27. The molecule has 108 valence electrons. The van der Waals surface area contributed by atoms with Gasteiger partial charge in [0.25, 0.3) is 0 Å². The third kappa shape index (κ3) is 3.32. The zero-order chi connectivity index (χ0) is 13.7. The maximum atomic E-state index is 6.00. The predicted molar refractivity (Wildman–Crippen MR) is 73.1 cm³/mol. The van der Waals surface area contributed by atoms with Crippen LogP contribution in [0.3, 0.4) is 0 Å². The average molecular weight is 267 g/mol. The molecule has 2 unspecified atom stereocenters. The third-order valence-electron chi connectivity index (χ3n) is 4.05. The van der Waals surface area contributed by atoms with Crippen LogP contribution >= 0.6 is 0 Å². The Kier molecular flexibility index (Phi) is 5.30. The van der Waals surface area contributed by atoms with E-state index in [1.165, 1.54) is 32.1 Å². The fraction of sp³-hybridized carbons (Fsp3) is 0.846. The fourth-order valence-electron chi connectivity index (χ4n) is 3.09. The summed E-state index contributed by atoms with van der Waals surface area (Å²) in [7, 11) is 1.89. The maximum Gasteiger partial charge on any atom is 0.0909 e. The molecule has 0 amide bonds. The van der Waals surface area contributed by atoms with Crippen molar-refractivity contribution >= 4 is 0 Å². The van der Waals surface area contributed by atoms with Crippen LogP contribution in [0.25, 0.3) is 0 Å². The minimum Gasteiger partial charge on any atom is -0.376 e. The van der Waals surface area contributed by atoms with Crippen molar-refractivity contribution in [3.8, 4) is 0 Å². The summed E-state index contributed by atoms with van der Waals surface area (Å²) in [4.78, 5) is 0. The summed E-state index contributed by atoms with van der Waals surface area (Å²) in [5.41, 5.74) is 3.88. The number of hydrazine groups is 1. The van der Waals surface area contributed by atoms with Gasteiger partial charge in [0.15, 0.2) is 0 Å². The summed E-state index contributed by atoms with van der Waals surface area (Å²) in [6.07, 6.45) is 8.20. The molecule has 1 aromatic heterocycles. The van der Waals surface area contributed by atoms with Gasteiger partial charge in [-0.1, -0.05) is 24.5 Å². The Labute approximate surface area is 114 Å². The van der Waals surface area contributed by atoms with Gasteiger partial charge in [0.05, 0.1) is 24.0 Å². The topological polar surface area (TPSA) is 78.0 Å². The summed E-state index contributed by atoms with van der Waals surface area (Å²) in [6.45, 7) is 2.73. The molecule has 0 aromatic carbocycles. The van der Waals surface area contributed by atoms with E-state index in [0.717, 1.165) is 5.69 Å². The summed E-state index contributed by atoms with van der Waals surface area (Å²) < 4.78 is 7.77. The van der Waals surface area contributed by atoms with Crippen LogP contribution in [-0.2, 0) is 11.8 Å². The molecule has 1 fully saturated rings. The van der Waals surface area contributed by atoms with Crippen LogP contribution in [0.15, 0.2) is 6.20 Å². The second kappa shape index (κ2) is 6.98. The number of nitrogens with one attached hydrogen (secondary N) is 1. The van der Waals surface area contributed by atoms with Gasteiger partial charge in [-0.2, -0.15) is 0 Å². The monoisotopic (exact) mass is 267 g/mol. The van der Waals surface area contributed by atoms with Gasteiger partial charge < -0.3 is 4.74 Å². The van der Waals surface area contributed by atoms with Crippen LogP contribution in [0.5, 0.6) is 0 Å². The van der Waals surface area contributed by atoms with Crippen LogP contribution in [0.2, 0.25) is 0 Å². The van der Waals surface area contributed by atoms with E-state index < -0.39 is 0 Å². The molecule has 19 heavy (non-hydrogen) atoms. The first-order valence-electron chi connectivity index (χ1n) is 7.20. The van der Waals surface area contributed by atoms with Crippen molar-refractivity contribution in [3.05, 3.63) is 11.9 Å². The van der Waals surface area contributed by atoms with E-state index in [9.17, 15) is 0 Å². The summed E-state index contributed by atoms with van der Waals surface area (Å²) in [5.74, 6) is 6.33. The van der Waals surface area contributed by atoms with Gasteiger partial charge in [0, 0.05) is 13.7 Å². The minimum atomic E-state index is -0.0527. The fourth-order valence-corrected chi connectivity index (χ4v) is 3.09. The van der Waals surface area contributed by atoms with Crippen LogP contribution in [0, 0.1) is 5.92 Å². The quantitative estimate of drug-likeness (QED) is 0.600. The van der Waals surface area contributed by atoms with E-state index in [0.29, 0.717) is 12.5 Å². The molecule has 0 radical (unpaired) electrons. The van der Waals surface area contributed by atoms with E-state index in [2.05, 4.69) is 15.7 Å². The second-order valence-electron chi connectivity index (χ2n) is 5.24. The molecular formula is C13H25N5O. The van der Waals surface area contributed by atoms with E-state index in [1.54, 1.807) is 10.9 Å². The SMILES string of the molecule is CCOC(C1CCCCC1)C(NN)c1cnnn1C. The Balaban J connectivity index is 2.17. The van der Waals surface area contributed by atoms with Gasteiger partial charge in [-0.25, -0.2) is 5.43 Å². The van der Waals surface area contributed by atoms with Gasteiger partial charge in [0.2, 0.25) is 0 Å². The molecule has 1 aliphatic carbocycles. The van der Waals surface area contributed by atoms with Crippen molar-refractivity contribution in [2.24, 2.45) is 18.8 Å². The van der Waals surface area contributed by atoms with Crippen molar-refractivity contribution in [3.63, 3.8) is 0 Å². The summed E-state index contributed by atoms with van der Waals surface area (Å²) >= 11 is 0. The summed E-state index contributed by atoms with van der Waals surface area (Å²) in [5, 5.41) is 7.93. The Morgan fingerprint density at radius 3 is 2.74 bits per heavy atom. The Morgan fingerprint density at radius 1 is 1.47 bits per heavy atom. The number of ether oxygens (including phenoxy) is 1. The molecule has 0 spiro atoms. The minimum absolute atomic E-state index is 0.0527. The van der Waals surface area contributed by atoms with Crippen LogP contribution in [-0.4, -0.2) is 27.7 Å². The highest BCUT2D eigenvalue weighted by Gasteiger charge is 2.33. The highest BCUT2D eigenvalue weighted by Crippen LogP contribution is 2.33. The van der Waals surface area contributed by atoms with Crippen molar-refractivity contribution in [2.75, 3.05) is 6.61 Å². The van der Waals surface area contributed by atoms with Gasteiger partial charge in [-0.3, -0.25) is 10.5 Å². The van der Waals surface area contributed by atoms with Gasteiger partial charge in [0.1, 0.15) is 0 Å². The van der Waals surface area contributed by atoms with Crippen LogP contribution in [0.4, 0.5) is 0 Å². The molecule has 0 saturated heterocycles. The highest BCUT2D eigenvalue weighted by molar-refractivity contribution is 5.05. The van der Waals surface area contributed by atoms with E-state index in [-0.39, 0.29) is 12.1 Å². The maximum absolute atomic E-state index is 6.00. The Hall–Kier alpha value is -0.980. The van der Waals surface area contributed by atoms with Gasteiger partial charge >= 0.3 is 0 Å². The lowest BCUT2D eigenvalue weighted by Crippen LogP contribution is -2.43. The van der Waals surface area contributed by atoms with Crippen molar-refractivity contribution in [1.82, 2.24) is 20.4 Å². The molecule has 2 rings (SSSR count). The first-order valence-corrected chi connectivity index (χ1v) is 7.20. The van der Waals surface area contributed by atoms with Gasteiger partial charge in [-0.15, -0.1) is 5.10 Å². The normalized spacial score (nSPS) is 20.4. The zero-order valence-corrected chi connectivity index (χ0v) is 11.9. The van der Waals surface area contributed by atoms with E-state index in [4.69, 9.17) is 10.6 Å². The number of hydrogen-bond donors (Lipinski definition) is 2. The lowest BCUT2D eigenvalue weighted by Gasteiger charge is -2.35. The number of nitrogens with zero attached hydrogens (tertiary/aromatic N) is 3. The molecule has 6 heteroatoms. The molecule has 1 aliphatic rings. The van der Waals surface area contributed by atoms with Crippen molar-refractivity contribution < 1.29 is 4.74 Å². The molecular weight excluding hydrogens is 242 g/mol. The predicted octanol–water partition coefficient (Wildman–Crippen LogP) is 1.30. The number of aryl methyl sites for hydroxylation is 1. The third-order valence-corrected chi connectivity index (χ3v) is 4.05. The van der Waals surface area contributed by atoms with E-state index >= 15 is 0 Å². The molecule has 0 bridgehead atoms. The average Bonchev–Trinajstić information content (AvgIpc) is 2.86. The number of hydrogen-bond acceptors (Lipinski definition) is 5. The second-order valence-corrected chi connectivity index (χ2v) is 5.24. The van der Waals surface area contributed by atoms with Crippen LogP contribution in [0.1, 0.15) is 50.8 Å². The lowest BCUT2D eigenvalue weighted by molar-refractivity contribution is -0.0200. The number of nitrogens with two attached hydrogens (primary N) is 1. The molecule has 3 N–H and O–H groups in total. The first kappa shape index (κ1) is 14.4. The molecule has 6 nitrogen and oxygen atoms in total. The number of aromatic nitrogens is 3. The summed E-state index contributed by atoms with van der Waals surface area (Å²) in [6, 6.07) is -0.0527. The molecule has 0 aliphatic heterocycles. The zero-order valence-electron chi connectivity index (χ0n) is 11.9.